The zero-order valence-corrected chi connectivity index (χ0v) is 16.7. The fourth-order valence-corrected chi connectivity index (χ4v) is 5.34. The van der Waals surface area contributed by atoms with Crippen molar-refractivity contribution in [3.05, 3.63) is 0 Å². The number of nitrogens with one attached hydrogen (secondary N) is 2. The Morgan fingerprint density at radius 3 is 2.54 bits per heavy atom. The molecule has 3 unspecified atom stereocenters. The molecular weight excluding hydrogens is 318 g/mol. The molecule has 2 saturated carbocycles. The van der Waals surface area contributed by atoms with E-state index in [0.717, 1.165) is 49.5 Å². The van der Waals surface area contributed by atoms with Crippen molar-refractivity contribution in [3.63, 3.8) is 0 Å². The van der Waals surface area contributed by atoms with Crippen LogP contribution in [0.25, 0.3) is 0 Å². The molecule has 0 aliphatic heterocycles. The Labute approximate surface area is 151 Å². The molecule has 140 valence electrons. The predicted octanol–water partition coefficient (Wildman–Crippen LogP) is 3.45. The number of rotatable bonds is 6. The number of nitrogens with zero attached hydrogens (tertiary/aromatic N) is 1. The Bertz CT molecular complexity index is 419. The Balaban J connectivity index is 1.85. The second-order valence-electron chi connectivity index (χ2n) is 7.64. The topological polar surface area (TPSA) is 53.5 Å². The van der Waals surface area contributed by atoms with E-state index in [1.54, 1.807) is 0 Å². The molecule has 0 radical (unpaired) electrons. The van der Waals surface area contributed by atoms with Gasteiger partial charge in [-0.3, -0.25) is 9.20 Å². The molecule has 4 nitrogen and oxygen atoms in total. The minimum Gasteiger partial charge on any atom is -0.357 e. The van der Waals surface area contributed by atoms with Crippen LogP contribution in [0.5, 0.6) is 0 Å². The number of hydrogen-bond acceptors (Lipinski definition) is 2. The van der Waals surface area contributed by atoms with Crippen molar-refractivity contribution in [3.8, 4) is 0 Å². The Kier molecular flexibility index (Phi) is 8.57. The van der Waals surface area contributed by atoms with Crippen molar-refractivity contribution in [2.24, 2.45) is 16.8 Å². The SMILES string of the molecule is CCNC(=NCC1CCC(C)CC1)NC1CCCC(S(=O)CC)C1. The summed E-state index contributed by atoms with van der Waals surface area (Å²) in [4.78, 5) is 4.86. The Hall–Kier alpha value is -0.580. The molecule has 0 heterocycles. The largest absolute Gasteiger partial charge is 0.357 e. The monoisotopic (exact) mass is 355 g/mol. The first-order valence-corrected chi connectivity index (χ1v) is 11.4. The first-order valence-electron chi connectivity index (χ1n) is 10.0. The molecule has 0 bridgehead atoms. The molecule has 0 aromatic carbocycles. The van der Waals surface area contributed by atoms with Gasteiger partial charge in [-0.1, -0.05) is 33.1 Å². The molecule has 0 saturated heterocycles. The molecule has 0 aromatic rings. The lowest BCUT2D eigenvalue weighted by Crippen LogP contribution is -2.46. The van der Waals surface area contributed by atoms with Crippen molar-refractivity contribution in [2.75, 3.05) is 18.8 Å². The lowest BCUT2D eigenvalue weighted by molar-refractivity contribution is 0.296. The van der Waals surface area contributed by atoms with Gasteiger partial charge in [-0.05, 0) is 50.9 Å². The van der Waals surface area contributed by atoms with E-state index in [1.807, 2.05) is 6.92 Å². The molecule has 0 spiro atoms. The summed E-state index contributed by atoms with van der Waals surface area (Å²) in [6, 6.07) is 0.420. The molecule has 0 amide bonds. The fourth-order valence-electron chi connectivity index (χ4n) is 4.00. The standard InChI is InChI=1S/C19H37N3OS/c1-4-20-19(21-14-16-11-9-15(3)10-12-16)22-17-7-6-8-18(13-17)24(23)5-2/h15-18H,4-14H2,1-3H3,(H2,20,21,22). The van der Waals surface area contributed by atoms with Gasteiger partial charge >= 0.3 is 0 Å². The van der Waals surface area contributed by atoms with Crippen LogP contribution in [0.3, 0.4) is 0 Å². The molecular formula is C19H37N3OS. The lowest BCUT2D eigenvalue weighted by Gasteiger charge is -2.30. The van der Waals surface area contributed by atoms with Gasteiger partial charge in [-0.15, -0.1) is 0 Å². The maximum absolute atomic E-state index is 12.1. The highest BCUT2D eigenvalue weighted by Crippen LogP contribution is 2.28. The quantitative estimate of drug-likeness (QED) is 0.567. The fraction of sp³-hybridized carbons (Fsp3) is 0.947. The highest BCUT2D eigenvalue weighted by molar-refractivity contribution is 7.85. The van der Waals surface area contributed by atoms with E-state index in [2.05, 4.69) is 24.5 Å². The number of hydrogen-bond donors (Lipinski definition) is 2. The zero-order chi connectivity index (χ0) is 17.4. The van der Waals surface area contributed by atoms with E-state index in [1.165, 1.54) is 38.5 Å². The maximum atomic E-state index is 12.1. The third-order valence-corrected chi connectivity index (χ3v) is 7.35. The average molecular weight is 356 g/mol. The summed E-state index contributed by atoms with van der Waals surface area (Å²) in [6.07, 6.45) is 9.85. The van der Waals surface area contributed by atoms with Crippen LogP contribution < -0.4 is 10.6 Å². The van der Waals surface area contributed by atoms with Gasteiger partial charge < -0.3 is 10.6 Å². The first kappa shape index (κ1) is 19.7. The van der Waals surface area contributed by atoms with Crippen LogP contribution in [0, 0.1) is 11.8 Å². The molecule has 0 aromatic heterocycles. The molecule has 2 aliphatic rings. The summed E-state index contributed by atoms with van der Waals surface area (Å²) < 4.78 is 12.1. The van der Waals surface area contributed by atoms with Gasteiger partial charge in [0.25, 0.3) is 0 Å². The van der Waals surface area contributed by atoms with E-state index < -0.39 is 10.8 Å². The molecule has 5 heteroatoms. The summed E-state index contributed by atoms with van der Waals surface area (Å²) in [7, 11) is -0.664. The van der Waals surface area contributed by atoms with Crippen molar-refractivity contribution < 1.29 is 4.21 Å². The second-order valence-corrected chi connectivity index (χ2v) is 9.65. The Morgan fingerprint density at radius 2 is 1.88 bits per heavy atom. The molecule has 2 N–H and O–H groups in total. The highest BCUT2D eigenvalue weighted by atomic mass is 32.2. The average Bonchev–Trinajstić information content (AvgIpc) is 2.61. The summed E-state index contributed by atoms with van der Waals surface area (Å²) in [5, 5.41) is 7.38. The third kappa shape index (κ3) is 6.38. The minimum absolute atomic E-state index is 0.365. The zero-order valence-electron chi connectivity index (χ0n) is 15.9. The highest BCUT2D eigenvalue weighted by Gasteiger charge is 2.26. The lowest BCUT2D eigenvalue weighted by atomic mass is 9.83. The van der Waals surface area contributed by atoms with Crippen LogP contribution >= 0.6 is 0 Å². The van der Waals surface area contributed by atoms with Gasteiger partial charge in [0, 0.05) is 40.9 Å². The summed E-state index contributed by atoms with van der Waals surface area (Å²) in [5.74, 6) is 3.40. The van der Waals surface area contributed by atoms with E-state index in [9.17, 15) is 4.21 Å². The number of guanidine groups is 1. The van der Waals surface area contributed by atoms with Gasteiger partial charge in [-0.25, -0.2) is 0 Å². The van der Waals surface area contributed by atoms with E-state index in [0.29, 0.717) is 11.3 Å². The van der Waals surface area contributed by atoms with Crippen LogP contribution in [0.15, 0.2) is 4.99 Å². The van der Waals surface area contributed by atoms with Crippen molar-refractivity contribution in [1.29, 1.82) is 0 Å². The van der Waals surface area contributed by atoms with Crippen LogP contribution in [0.1, 0.15) is 72.1 Å². The summed E-state index contributed by atoms with van der Waals surface area (Å²) in [6.45, 7) is 8.35. The van der Waals surface area contributed by atoms with Crippen LogP contribution in [-0.4, -0.2) is 40.3 Å². The number of aliphatic imine (C=N–C) groups is 1. The molecule has 2 fully saturated rings. The van der Waals surface area contributed by atoms with Crippen LogP contribution in [0.2, 0.25) is 0 Å². The van der Waals surface area contributed by atoms with Gasteiger partial charge in [0.15, 0.2) is 5.96 Å². The molecule has 2 rings (SSSR count). The normalized spacial score (nSPS) is 33.0. The maximum Gasteiger partial charge on any atom is 0.191 e. The molecule has 2 aliphatic carbocycles. The van der Waals surface area contributed by atoms with E-state index in [4.69, 9.17) is 4.99 Å². The van der Waals surface area contributed by atoms with Crippen molar-refractivity contribution >= 4 is 16.8 Å². The molecule has 24 heavy (non-hydrogen) atoms. The molecule has 3 atom stereocenters. The minimum atomic E-state index is -0.664. The Morgan fingerprint density at radius 1 is 1.12 bits per heavy atom. The van der Waals surface area contributed by atoms with Crippen molar-refractivity contribution in [2.45, 2.75) is 83.4 Å². The summed E-state index contributed by atoms with van der Waals surface area (Å²) in [5.41, 5.74) is 0. The van der Waals surface area contributed by atoms with Gasteiger partial charge in [0.1, 0.15) is 0 Å². The smallest absolute Gasteiger partial charge is 0.191 e. The van der Waals surface area contributed by atoms with Crippen LogP contribution in [-0.2, 0) is 10.8 Å². The van der Waals surface area contributed by atoms with Gasteiger partial charge in [0.2, 0.25) is 0 Å². The third-order valence-electron chi connectivity index (χ3n) is 5.61. The second kappa shape index (κ2) is 10.4. The first-order chi connectivity index (χ1) is 11.6. The van der Waals surface area contributed by atoms with Crippen LogP contribution in [0.4, 0.5) is 0 Å². The predicted molar refractivity (Wildman–Crippen MR) is 105 cm³/mol. The summed E-state index contributed by atoms with van der Waals surface area (Å²) >= 11 is 0. The van der Waals surface area contributed by atoms with Gasteiger partial charge in [-0.2, -0.15) is 0 Å². The van der Waals surface area contributed by atoms with Gasteiger partial charge in [0.05, 0.1) is 0 Å². The van der Waals surface area contributed by atoms with E-state index in [-0.39, 0.29) is 0 Å². The van der Waals surface area contributed by atoms with Crippen molar-refractivity contribution in [1.82, 2.24) is 10.6 Å². The van der Waals surface area contributed by atoms with E-state index >= 15 is 0 Å².